The van der Waals surface area contributed by atoms with Gasteiger partial charge in [0, 0.05) is 4.53 Å². The minimum absolute atomic E-state index is 0.0650. The van der Waals surface area contributed by atoms with Crippen molar-refractivity contribution in [3.63, 3.8) is 0 Å². The van der Waals surface area contributed by atoms with E-state index in [1.807, 2.05) is 0 Å². The Kier molecular flexibility index (Phi) is 5.90. The maximum atomic E-state index is 13.3. The minimum atomic E-state index is -2.77. The van der Waals surface area contributed by atoms with Crippen LogP contribution in [0.2, 0.25) is 0 Å². The molecule has 1 aromatic rings. The summed E-state index contributed by atoms with van der Waals surface area (Å²) < 4.78 is 44.7. The maximum Gasteiger partial charge on any atom is 0.373 e. The first-order valence-corrected chi connectivity index (χ1v) is 9.65. The quantitative estimate of drug-likeness (QED) is 0.668. The Morgan fingerprint density at radius 1 is 1.28 bits per heavy atom. The molecule has 0 bridgehead atoms. The van der Waals surface area contributed by atoms with Crippen LogP contribution in [0.4, 0.5) is 19.0 Å². The number of nitrogens with zero attached hydrogens (tertiary/aromatic N) is 2. The van der Waals surface area contributed by atoms with E-state index in [1.165, 1.54) is 17.0 Å². The Morgan fingerprint density at radius 3 is 2.45 bits per heavy atom. The van der Waals surface area contributed by atoms with Crippen molar-refractivity contribution in [2.75, 3.05) is 24.6 Å². The number of hydrogen-bond acceptors (Lipinski definition) is 6. The van der Waals surface area contributed by atoms with E-state index < -0.39 is 36.4 Å². The number of rotatable bonds is 9. The van der Waals surface area contributed by atoms with Gasteiger partial charge in [-0.1, -0.05) is 13.8 Å². The summed E-state index contributed by atoms with van der Waals surface area (Å²) in [5.74, 6) is -4.19. The van der Waals surface area contributed by atoms with Gasteiger partial charge in [-0.3, -0.25) is 9.74 Å². The number of aromatic nitrogens is 1. The molecule has 0 aromatic carbocycles. The van der Waals surface area contributed by atoms with E-state index in [9.17, 15) is 22.9 Å². The van der Waals surface area contributed by atoms with E-state index in [0.29, 0.717) is 18.2 Å². The zero-order valence-electron chi connectivity index (χ0n) is 16.3. The van der Waals surface area contributed by atoms with Gasteiger partial charge in [0.2, 0.25) is 5.88 Å². The highest BCUT2D eigenvalue weighted by atomic mass is 19.3. The molecular weight excluding hydrogens is 391 g/mol. The van der Waals surface area contributed by atoms with E-state index in [2.05, 4.69) is 15.2 Å². The SMILES string of the molecule is CCC(CC)(NC(=O)c1ccc(N2CC(F)(F)C2)c(OCC2CC2)n1)C(=O)OF. The summed E-state index contributed by atoms with van der Waals surface area (Å²) in [7, 11) is 0. The zero-order valence-corrected chi connectivity index (χ0v) is 16.3. The lowest BCUT2D eigenvalue weighted by Crippen LogP contribution is -2.56. The molecule has 1 saturated carbocycles. The van der Waals surface area contributed by atoms with Crippen LogP contribution >= 0.6 is 0 Å². The first kappa shape index (κ1) is 21.2. The zero-order chi connectivity index (χ0) is 21.2. The Bertz CT molecular complexity index is 774. The molecule has 0 atom stereocenters. The van der Waals surface area contributed by atoms with Crippen LogP contribution in [0.5, 0.6) is 5.88 Å². The molecule has 0 radical (unpaired) electrons. The summed E-state index contributed by atoms with van der Waals surface area (Å²) in [5, 5.41) is 2.49. The number of ether oxygens (including phenoxy) is 1. The molecule has 7 nitrogen and oxygen atoms in total. The smallest absolute Gasteiger partial charge is 0.373 e. The molecule has 2 aliphatic rings. The van der Waals surface area contributed by atoms with Gasteiger partial charge in [-0.2, -0.15) is 0 Å². The lowest BCUT2D eigenvalue weighted by Gasteiger charge is -2.40. The molecule has 1 amide bonds. The van der Waals surface area contributed by atoms with Crippen LogP contribution in [0, 0.1) is 5.92 Å². The Hall–Kier alpha value is -2.52. The molecule has 2 fully saturated rings. The van der Waals surface area contributed by atoms with Crippen molar-refractivity contribution in [3.8, 4) is 5.88 Å². The van der Waals surface area contributed by atoms with E-state index in [4.69, 9.17) is 4.74 Å². The van der Waals surface area contributed by atoms with Gasteiger partial charge < -0.3 is 15.0 Å². The molecule has 0 spiro atoms. The number of halogens is 3. The number of nitrogens with one attached hydrogen (secondary N) is 1. The van der Waals surface area contributed by atoms with Gasteiger partial charge in [-0.15, -0.1) is 0 Å². The van der Waals surface area contributed by atoms with Crippen LogP contribution in [0.25, 0.3) is 0 Å². The van der Waals surface area contributed by atoms with Crippen molar-refractivity contribution in [1.29, 1.82) is 0 Å². The average molecular weight is 415 g/mol. The highest BCUT2D eigenvalue weighted by molar-refractivity contribution is 5.97. The van der Waals surface area contributed by atoms with Gasteiger partial charge in [0.1, 0.15) is 16.9 Å². The largest absolute Gasteiger partial charge is 0.476 e. The van der Waals surface area contributed by atoms with Gasteiger partial charge in [-0.25, -0.2) is 18.6 Å². The molecule has 1 aliphatic carbocycles. The van der Waals surface area contributed by atoms with Crippen molar-refractivity contribution < 1.29 is 32.6 Å². The normalized spacial score (nSPS) is 18.0. The molecule has 3 rings (SSSR count). The third-order valence-electron chi connectivity index (χ3n) is 5.43. The lowest BCUT2D eigenvalue weighted by atomic mass is 9.92. The van der Waals surface area contributed by atoms with Crippen molar-refractivity contribution in [1.82, 2.24) is 10.3 Å². The van der Waals surface area contributed by atoms with Crippen LogP contribution < -0.4 is 15.0 Å². The number of amides is 1. The fraction of sp³-hybridized carbons (Fsp3) is 0.632. The van der Waals surface area contributed by atoms with Gasteiger partial charge in [0.25, 0.3) is 11.8 Å². The molecule has 29 heavy (non-hydrogen) atoms. The molecule has 1 saturated heterocycles. The molecule has 1 aliphatic heterocycles. The second kappa shape index (κ2) is 8.08. The van der Waals surface area contributed by atoms with Gasteiger partial charge in [0.15, 0.2) is 0 Å². The number of alkyl halides is 2. The van der Waals surface area contributed by atoms with Crippen molar-refractivity contribution in [3.05, 3.63) is 17.8 Å². The fourth-order valence-electron chi connectivity index (χ4n) is 3.19. The number of pyridine rings is 1. The second-order valence-electron chi connectivity index (χ2n) is 7.60. The van der Waals surface area contributed by atoms with Crippen LogP contribution in [0.1, 0.15) is 50.0 Å². The third-order valence-corrected chi connectivity index (χ3v) is 5.43. The van der Waals surface area contributed by atoms with Crippen LogP contribution in [-0.4, -0.2) is 48.0 Å². The summed E-state index contributed by atoms with van der Waals surface area (Å²) in [6.45, 7) is 2.72. The molecule has 160 valence electrons. The topological polar surface area (TPSA) is 80.8 Å². The van der Waals surface area contributed by atoms with Gasteiger partial charge >= 0.3 is 5.97 Å². The highest BCUT2D eigenvalue weighted by Gasteiger charge is 2.45. The first-order chi connectivity index (χ1) is 13.7. The Morgan fingerprint density at radius 2 is 1.93 bits per heavy atom. The van der Waals surface area contributed by atoms with E-state index in [0.717, 1.165) is 12.8 Å². The van der Waals surface area contributed by atoms with Crippen LogP contribution in [0.3, 0.4) is 0 Å². The highest BCUT2D eigenvalue weighted by Crippen LogP contribution is 2.38. The van der Waals surface area contributed by atoms with E-state index in [-0.39, 0.29) is 24.4 Å². The molecule has 1 N–H and O–H groups in total. The molecule has 0 unspecified atom stereocenters. The van der Waals surface area contributed by atoms with Gasteiger partial charge in [0.05, 0.1) is 19.7 Å². The number of hydrogen-bond donors (Lipinski definition) is 1. The molecular formula is C19H24F3N3O4. The van der Waals surface area contributed by atoms with Gasteiger partial charge in [-0.05, 0) is 43.7 Å². The Balaban J connectivity index is 1.81. The average Bonchev–Trinajstić information content (AvgIpc) is 3.52. The van der Waals surface area contributed by atoms with Crippen LogP contribution in [0.15, 0.2) is 12.1 Å². The minimum Gasteiger partial charge on any atom is -0.476 e. The summed E-state index contributed by atoms with van der Waals surface area (Å²) in [6.07, 6.45) is 2.28. The predicted octanol–water partition coefficient (Wildman–Crippen LogP) is 3.04. The molecule has 10 heteroatoms. The monoisotopic (exact) mass is 415 g/mol. The fourth-order valence-corrected chi connectivity index (χ4v) is 3.19. The van der Waals surface area contributed by atoms with Crippen molar-refractivity contribution in [2.24, 2.45) is 5.92 Å². The van der Waals surface area contributed by atoms with Crippen LogP contribution in [-0.2, 0) is 9.74 Å². The third kappa shape index (κ3) is 4.56. The number of carbonyl (C=O) groups is 2. The number of anilines is 1. The summed E-state index contributed by atoms with van der Waals surface area (Å²) in [6, 6.07) is 2.86. The maximum absolute atomic E-state index is 13.3. The standard InChI is InChI=1S/C19H24F3N3O4/c1-3-18(4-2,17(27)29-22)24-15(26)13-7-8-14(25-10-19(20,21)11-25)16(23-13)28-9-12-5-6-12/h7-8,12H,3-6,9-11H2,1-2H3,(H,24,26). The summed E-state index contributed by atoms with van der Waals surface area (Å²) in [5.41, 5.74) is -1.21. The Labute approximate surface area is 166 Å². The number of carbonyl (C=O) groups excluding carboxylic acids is 2. The molecule has 1 aromatic heterocycles. The van der Waals surface area contributed by atoms with E-state index in [1.54, 1.807) is 13.8 Å². The van der Waals surface area contributed by atoms with E-state index >= 15 is 0 Å². The van der Waals surface area contributed by atoms with Crippen molar-refractivity contribution >= 4 is 17.6 Å². The first-order valence-electron chi connectivity index (χ1n) is 9.65. The summed E-state index contributed by atoms with van der Waals surface area (Å²) >= 11 is 0. The molecule has 2 heterocycles. The van der Waals surface area contributed by atoms with Crippen molar-refractivity contribution in [2.45, 2.75) is 51.0 Å². The summed E-state index contributed by atoms with van der Waals surface area (Å²) in [4.78, 5) is 33.5. The lowest BCUT2D eigenvalue weighted by molar-refractivity contribution is -0.192. The second-order valence-corrected chi connectivity index (χ2v) is 7.60. The predicted molar refractivity (Wildman–Crippen MR) is 97.6 cm³/mol.